The summed E-state index contributed by atoms with van der Waals surface area (Å²) in [5.41, 5.74) is 1.57. The quantitative estimate of drug-likeness (QED) is 0.847. The first kappa shape index (κ1) is 13.0. The number of hydrogen-bond donors (Lipinski definition) is 1. The Labute approximate surface area is 98.3 Å². The van der Waals surface area contributed by atoms with Crippen molar-refractivity contribution in [1.29, 1.82) is 0 Å². The lowest BCUT2D eigenvalue weighted by molar-refractivity contribution is 0.0280. The van der Waals surface area contributed by atoms with Crippen LogP contribution in [0.15, 0.2) is 18.2 Å². The Hall–Kier alpha value is -1.02. The van der Waals surface area contributed by atoms with Crippen LogP contribution >= 0.6 is 0 Å². The SMILES string of the molecule is Cc1ccc(C(C)C)c(OCC(C)(C)O)c1. The zero-order valence-electron chi connectivity index (χ0n) is 10.9. The monoisotopic (exact) mass is 222 g/mol. The van der Waals surface area contributed by atoms with E-state index in [4.69, 9.17) is 4.74 Å². The molecule has 0 atom stereocenters. The van der Waals surface area contributed by atoms with Gasteiger partial charge in [0.15, 0.2) is 0 Å². The van der Waals surface area contributed by atoms with Crippen LogP contribution in [-0.2, 0) is 0 Å². The van der Waals surface area contributed by atoms with Gasteiger partial charge in [-0.25, -0.2) is 0 Å². The first-order chi connectivity index (χ1) is 7.29. The highest BCUT2D eigenvalue weighted by Gasteiger charge is 2.15. The molecule has 0 heterocycles. The molecule has 1 aromatic carbocycles. The average Bonchev–Trinajstić information content (AvgIpc) is 2.13. The Morgan fingerprint density at radius 3 is 2.44 bits per heavy atom. The summed E-state index contributed by atoms with van der Waals surface area (Å²) in [6.07, 6.45) is 0. The molecule has 0 aliphatic heterocycles. The summed E-state index contributed by atoms with van der Waals surface area (Å²) in [5, 5.41) is 9.65. The minimum atomic E-state index is -0.794. The molecule has 0 aromatic heterocycles. The topological polar surface area (TPSA) is 29.5 Å². The molecule has 0 radical (unpaired) electrons. The first-order valence-electron chi connectivity index (χ1n) is 5.75. The molecule has 0 aliphatic carbocycles. The van der Waals surface area contributed by atoms with Gasteiger partial charge >= 0.3 is 0 Å². The molecule has 0 unspecified atom stereocenters. The zero-order chi connectivity index (χ0) is 12.3. The Morgan fingerprint density at radius 2 is 1.94 bits per heavy atom. The third-order valence-corrected chi connectivity index (χ3v) is 2.37. The van der Waals surface area contributed by atoms with Crippen molar-refractivity contribution in [3.05, 3.63) is 29.3 Å². The fourth-order valence-corrected chi connectivity index (χ4v) is 1.50. The third-order valence-electron chi connectivity index (χ3n) is 2.37. The zero-order valence-corrected chi connectivity index (χ0v) is 10.9. The smallest absolute Gasteiger partial charge is 0.123 e. The van der Waals surface area contributed by atoms with Gasteiger partial charge < -0.3 is 9.84 Å². The lowest BCUT2D eigenvalue weighted by atomic mass is 10.0. The predicted molar refractivity (Wildman–Crippen MR) is 67.1 cm³/mol. The summed E-state index contributed by atoms with van der Waals surface area (Å²) in [5.74, 6) is 1.31. The molecular weight excluding hydrogens is 200 g/mol. The van der Waals surface area contributed by atoms with Crippen molar-refractivity contribution in [2.45, 2.75) is 46.1 Å². The van der Waals surface area contributed by atoms with Crippen LogP contribution in [0.2, 0.25) is 0 Å². The summed E-state index contributed by atoms with van der Waals surface area (Å²) in [6, 6.07) is 6.22. The Bertz CT molecular complexity index is 348. The highest BCUT2D eigenvalue weighted by atomic mass is 16.5. The minimum Gasteiger partial charge on any atom is -0.490 e. The van der Waals surface area contributed by atoms with Crippen LogP contribution < -0.4 is 4.74 Å². The van der Waals surface area contributed by atoms with Gasteiger partial charge in [-0.2, -0.15) is 0 Å². The van der Waals surface area contributed by atoms with E-state index in [-0.39, 0.29) is 0 Å². The van der Waals surface area contributed by atoms with Crippen molar-refractivity contribution in [3.63, 3.8) is 0 Å². The molecule has 1 aromatic rings. The molecule has 0 saturated heterocycles. The van der Waals surface area contributed by atoms with Crippen LogP contribution in [0.4, 0.5) is 0 Å². The molecule has 0 spiro atoms. The highest BCUT2D eigenvalue weighted by molar-refractivity contribution is 5.39. The largest absolute Gasteiger partial charge is 0.490 e. The van der Waals surface area contributed by atoms with E-state index in [1.54, 1.807) is 13.8 Å². The molecule has 0 aliphatic rings. The molecule has 1 rings (SSSR count). The average molecular weight is 222 g/mol. The summed E-state index contributed by atoms with van der Waals surface area (Å²) in [4.78, 5) is 0. The second kappa shape index (κ2) is 4.88. The number of benzene rings is 1. The number of hydrogen-bond acceptors (Lipinski definition) is 2. The standard InChI is InChI=1S/C14H22O2/c1-10(2)12-7-6-11(3)8-13(12)16-9-14(4,5)15/h6-8,10,15H,9H2,1-5H3. The van der Waals surface area contributed by atoms with Crippen molar-refractivity contribution < 1.29 is 9.84 Å². The molecule has 2 heteroatoms. The summed E-state index contributed by atoms with van der Waals surface area (Å²) >= 11 is 0. The minimum absolute atomic E-state index is 0.316. The Morgan fingerprint density at radius 1 is 1.31 bits per heavy atom. The van der Waals surface area contributed by atoms with Crippen LogP contribution in [-0.4, -0.2) is 17.3 Å². The van der Waals surface area contributed by atoms with Crippen LogP contribution in [0.3, 0.4) is 0 Å². The van der Waals surface area contributed by atoms with Gasteiger partial charge in [0.25, 0.3) is 0 Å². The summed E-state index contributed by atoms with van der Waals surface area (Å²) in [6.45, 7) is 10.1. The maximum absolute atomic E-state index is 9.65. The lowest BCUT2D eigenvalue weighted by Gasteiger charge is -2.20. The highest BCUT2D eigenvalue weighted by Crippen LogP contribution is 2.28. The van der Waals surface area contributed by atoms with E-state index in [0.29, 0.717) is 12.5 Å². The van der Waals surface area contributed by atoms with E-state index in [1.807, 2.05) is 13.0 Å². The van der Waals surface area contributed by atoms with Crippen LogP contribution in [0.1, 0.15) is 44.7 Å². The molecule has 0 bridgehead atoms. The van der Waals surface area contributed by atoms with Crippen LogP contribution in [0.5, 0.6) is 5.75 Å². The number of rotatable bonds is 4. The lowest BCUT2D eigenvalue weighted by Crippen LogP contribution is -2.28. The molecular formula is C14H22O2. The summed E-state index contributed by atoms with van der Waals surface area (Å²) < 4.78 is 5.69. The maximum Gasteiger partial charge on any atom is 0.123 e. The van der Waals surface area contributed by atoms with Gasteiger partial charge in [-0.1, -0.05) is 26.0 Å². The van der Waals surface area contributed by atoms with Crippen molar-refractivity contribution in [2.75, 3.05) is 6.61 Å². The van der Waals surface area contributed by atoms with Gasteiger partial charge in [0.05, 0.1) is 5.60 Å². The summed E-state index contributed by atoms with van der Waals surface area (Å²) in [7, 11) is 0. The van der Waals surface area contributed by atoms with E-state index >= 15 is 0 Å². The molecule has 90 valence electrons. The van der Waals surface area contributed by atoms with Crippen molar-refractivity contribution in [2.24, 2.45) is 0 Å². The van der Waals surface area contributed by atoms with Gasteiger partial charge in [-0.05, 0) is 43.9 Å². The molecule has 0 saturated carbocycles. The number of aliphatic hydroxyl groups is 1. The first-order valence-corrected chi connectivity index (χ1v) is 5.75. The van der Waals surface area contributed by atoms with Crippen molar-refractivity contribution in [1.82, 2.24) is 0 Å². The molecule has 1 N–H and O–H groups in total. The second-order valence-electron chi connectivity index (χ2n) is 5.30. The van der Waals surface area contributed by atoms with Crippen molar-refractivity contribution >= 4 is 0 Å². The maximum atomic E-state index is 9.65. The van der Waals surface area contributed by atoms with Gasteiger partial charge in [-0.3, -0.25) is 0 Å². The van der Waals surface area contributed by atoms with E-state index < -0.39 is 5.60 Å². The normalized spacial score (nSPS) is 11.9. The number of ether oxygens (including phenoxy) is 1. The molecule has 0 amide bonds. The molecule has 0 fully saturated rings. The predicted octanol–water partition coefficient (Wildman–Crippen LogP) is 3.27. The van der Waals surface area contributed by atoms with Gasteiger partial charge in [0, 0.05) is 0 Å². The van der Waals surface area contributed by atoms with Gasteiger partial charge in [0.2, 0.25) is 0 Å². The third kappa shape index (κ3) is 3.86. The van der Waals surface area contributed by atoms with E-state index in [0.717, 1.165) is 5.75 Å². The Kier molecular flexibility index (Phi) is 3.98. The fourth-order valence-electron chi connectivity index (χ4n) is 1.50. The molecule has 16 heavy (non-hydrogen) atoms. The van der Waals surface area contributed by atoms with Crippen molar-refractivity contribution in [3.8, 4) is 5.75 Å². The van der Waals surface area contributed by atoms with Crippen LogP contribution in [0.25, 0.3) is 0 Å². The Balaban J connectivity index is 2.88. The number of aryl methyl sites for hydroxylation is 1. The van der Waals surface area contributed by atoms with Gasteiger partial charge in [-0.15, -0.1) is 0 Å². The van der Waals surface area contributed by atoms with Gasteiger partial charge in [0.1, 0.15) is 12.4 Å². The van der Waals surface area contributed by atoms with E-state index in [1.165, 1.54) is 11.1 Å². The van der Waals surface area contributed by atoms with E-state index in [2.05, 4.69) is 26.0 Å². The second-order valence-corrected chi connectivity index (χ2v) is 5.30. The van der Waals surface area contributed by atoms with Crippen LogP contribution in [0, 0.1) is 6.92 Å². The fraction of sp³-hybridized carbons (Fsp3) is 0.571. The van der Waals surface area contributed by atoms with E-state index in [9.17, 15) is 5.11 Å². The molecule has 2 nitrogen and oxygen atoms in total.